The molecule has 1 aliphatic heterocycles. The highest BCUT2D eigenvalue weighted by molar-refractivity contribution is 7.10. The van der Waals surface area contributed by atoms with Crippen molar-refractivity contribution in [1.29, 1.82) is 0 Å². The zero-order valence-electron chi connectivity index (χ0n) is 9.40. The highest BCUT2D eigenvalue weighted by Gasteiger charge is 2.17. The van der Waals surface area contributed by atoms with E-state index in [4.69, 9.17) is 11.6 Å². The lowest BCUT2D eigenvalue weighted by Gasteiger charge is -2.29. The molecule has 2 nitrogen and oxygen atoms in total. The van der Waals surface area contributed by atoms with Gasteiger partial charge in [0.15, 0.2) is 0 Å². The quantitative estimate of drug-likeness (QED) is 0.773. The van der Waals surface area contributed by atoms with Crippen molar-refractivity contribution in [3.8, 4) is 0 Å². The third kappa shape index (κ3) is 2.17. The van der Waals surface area contributed by atoms with Gasteiger partial charge in [0.05, 0.1) is 11.6 Å². The van der Waals surface area contributed by atoms with Crippen LogP contribution in [0.2, 0.25) is 0 Å². The number of anilines is 1. The van der Waals surface area contributed by atoms with Gasteiger partial charge in [-0.25, -0.2) is 0 Å². The van der Waals surface area contributed by atoms with Crippen molar-refractivity contribution in [2.75, 3.05) is 11.4 Å². The van der Waals surface area contributed by atoms with Crippen LogP contribution in [0.25, 0.3) is 0 Å². The lowest BCUT2D eigenvalue weighted by molar-refractivity contribution is 0.742. The Hall–Kier alpha value is -1.06. The molecule has 0 aromatic carbocycles. The maximum Gasteiger partial charge on any atom is 0.0648 e. The number of alkyl halides is 1. The van der Waals surface area contributed by atoms with Gasteiger partial charge in [-0.15, -0.1) is 22.9 Å². The number of nitrogens with zero attached hydrogens (tertiary/aromatic N) is 2. The Labute approximate surface area is 110 Å². The van der Waals surface area contributed by atoms with Gasteiger partial charge in [0, 0.05) is 29.9 Å². The van der Waals surface area contributed by atoms with E-state index in [1.807, 2.05) is 17.5 Å². The molecule has 0 spiro atoms. The highest BCUT2D eigenvalue weighted by atomic mass is 35.5. The molecule has 1 aliphatic rings. The molecule has 0 unspecified atom stereocenters. The number of aromatic nitrogens is 1. The SMILES string of the molecule is ClCc1cc(N2CCc3sccc3C2)ccn1. The molecule has 2 aromatic rings. The number of fused-ring (bicyclic) bond motifs is 1. The van der Waals surface area contributed by atoms with E-state index >= 15 is 0 Å². The van der Waals surface area contributed by atoms with Crippen LogP contribution in [0.1, 0.15) is 16.1 Å². The molecule has 0 bridgehead atoms. The molecule has 0 amide bonds. The molecule has 2 aromatic heterocycles. The van der Waals surface area contributed by atoms with E-state index in [1.54, 1.807) is 0 Å². The first-order valence-electron chi connectivity index (χ1n) is 5.68. The second-order valence-corrected chi connectivity index (χ2v) is 5.45. The number of halogens is 1. The fourth-order valence-corrected chi connectivity index (χ4v) is 3.24. The maximum absolute atomic E-state index is 5.82. The van der Waals surface area contributed by atoms with Crippen LogP contribution in [0.15, 0.2) is 29.8 Å². The molecule has 3 rings (SSSR count). The lowest BCUT2D eigenvalue weighted by Crippen LogP contribution is -2.29. The van der Waals surface area contributed by atoms with Gasteiger partial charge < -0.3 is 4.90 Å². The second-order valence-electron chi connectivity index (χ2n) is 4.18. The smallest absolute Gasteiger partial charge is 0.0648 e. The van der Waals surface area contributed by atoms with Crippen LogP contribution in [-0.4, -0.2) is 11.5 Å². The molecule has 0 fully saturated rings. The van der Waals surface area contributed by atoms with E-state index in [2.05, 4.69) is 33.5 Å². The van der Waals surface area contributed by atoms with E-state index in [1.165, 1.54) is 16.1 Å². The Morgan fingerprint density at radius 1 is 1.41 bits per heavy atom. The van der Waals surface area contributed by atoms with Gasteiger partial charge in [0.2, 0.25) is 0 Å². The average Bonchev–Trinajstić information content (AvgIpc) is 2.86. The van der Waals surface area contributed by atoms with Crippen LogP contribution < -0.4 is 4.90 Å². The Balaban J connectivity index is 1.86. The molecular formula is C13H13ClN2S. The molecule has 3 heterocycles. The first-order chi connectivity index (χ1) is 8.36. The molecule has 88 valence electrons. The van der Waals surface area contributed by atoms with Crippen molar-refractivity contribution in [2.24, 2.45) is 0 Å². The van der Waals surface area contributed by atoms with Crippen molar-refractivity contribution in [2.45, 2.75) is 18.8 Å². The van der Waals surface area contributed by atoms with Gasteiger partial charge >= 0.3 is 0 Å². The minimum absolute atomic E-state index is 0.478. The Bertz CT molecular complexity index is 524. The van der Waals surface area contributed by atoms with Crippen LogP contribution in [0.5, 0.6) is 0 Å². The van der Waals surface area contributed by atoms with Gasteiger partial charge in [-0.3, -0.25) is 4.98 Å². The fourth-order valence-electron chi connectivity index (χ4n) is 2.20. The van der Waals surface area contributed by atoms with E-state index in [0.29, 0.717) is 5.88 Å². The van der Waals surface area contributed by atoms with Crippen molar-refractivity contribution >= 4 is 28.6 Å². The van der Waals surface area contributed by atoms with E-state index in [-0.39, 0.29) is 0 Å². The van der Waals surface area contributed by atoms with E-state index in [9.17, 15) is 0 Å². The minimum atomic E-state index is 0.478. The highest BCUT2D eigenvalue weighted by Crippen LogP contribution is 2.27. The zero-order valence-corrected chi connectivity index (χ0v) is 11.0. The first-order valence-corrected chi connectivity index (χ1v) is 7.09. The molecule has 0 atom stereocenters. The summed E-state index contributed by atoms with van der Waals surface area (Å²) in [4.78, 5) is 8.16. The lowest BCUT2D eigenvalue weighted by atomic mass is 10.1. The number of rotatable bonds is 2. The predicted molar refractivity (Wildman–Crippen MR) is 72.9 cm³/mol. The Kier molecular flexibility index (Phi) is 3.04. The summed E-state index contributed by atoms with van der Waals surface area (Å²) in [6, 6.07) is 6.38. The molecule has 0 N–H and O–H groups in total. The largest absolute Gasteiger partial charge is 0.367 e. The summed E-state index contributed by atoms with van der Waals surface area (Å²) in [5.74, 6) is 0.478. The predicted octanol–water partition coefficient (Wildman–Crippen LogP) is 3.44. The number of hydrogen-bond donors (Lipinski definition) is 0. The van der Waals surface area contributed by atoms with Crippen LogP contribution >= 0.6 is 22.9 Å². The fraction of sp³-hybridized carbons (Fsp3) is 0.308. The Morgan fingerprint density at radius 3 is 3.24 bits per heavy atom. The van der Waals surface area contributed by atoms with Crippen molar-refractivity contribution in [3.05, 3.63) is 45.9 Å². The van der Waals surface area contributed by atoms with Crippen LogP contribution in [0.3, 0.4) is 0 Å². The van der Waals surface area contributed by atoms with Gasteiger partial charge in [-0.2, -0.15) is 0 Å². The average molecular weight is 265 g/mol. The van der Waals surface area contributed by atoms with Crippen LogP contribution in [0, 0.1) is 0 Å². The third-order valence-electron chi connectivity index (χ3n) is 3.11. The number of pyridine rings is 1. The monoisotopic (exact) mass is 264 g/mol. The molecule has 0 saturated heterocycles. The van der Waals surface area contributed by atoms with Gasteiger partial charge in [-0.1, -0.05) is 0 Å². The van der Waals surface area contributed by atoms with Gasteiger partial charge in [-0.05, 0) is 35.6 Å². The van der Waals surface area contributed by atoms with Gasteiger partial charge in [0.1, 0.15) is 0 Å². The van der Waals surface area contributed by atoms with Crippen molar-refractivity contribution < 1.29 is 0 Å². The van der Waals surface area contributed by atoms with E-state index < -0.39 is 0 Å². The van der Waals surface area contributed by atoms with E-state index in [0.717, 1.165) is 25.2 Å². The summed E-state index contributed by atoms with van der Waals surface area (Å²) in [5.41, 5.74) is 3.64. The molecule has 0 aliphatic carbocycles. The maximum atomic E-state index is 5.82. The minimum Gasteiger partial charge on any atom is -0.367 e. The second kappa shape index (κ2) is 4.67. The summed E-state index contributed by atoms with van der Waals surface area (Å²) >= 11 is 7.69. The standard InChI is InChI=1S/C13H13ClN2S/c14-8-11-7-12(1-4-15-11)16-5-2-13-10(9-16)3-6-17-13/h1,3-4,6-7H,2,5,8-9H2. The summed E-state index contributed by atoms with van der Waals surface area (Å²) in [6.07, 6.45) is 2.99. The number of thiophene rings is 1. The summed E-state index contributed by atoms with van der Waals surface area (Å²) in [7, 11) is 0. The molecule has 0 saturated carbocycles. The summed E-state index contributed by atoms with van der Waals surface area (Å²) in [6.45, 7) is 2.09. The molecule has 4 heteroatoms. The zero-order chi connectivity index (χ0) is 11.7. The third-order valence-corrected chi connectivity index (χ3v) is 4.41. The first kappa shape index (κ1) is 11.1. The summed E-state index contributed by atoms with van der Waals surface area (Å²) in [5, 5.41) is 2.19. The normalized spacial score (nSPS) is 14.8. The molecule has 17 heavy (non-hydrogen) atoms. The van der Waals surface area contributed by atoms with Crippen molar-refractivity contribution in [1.82, 2.24) is 4.98 Å². The van der Waals surface area contributed by atoms with Gasteiger partial charge in [0.25, 0.3) is 0 Å². The van der Waals surface area contributed by atoms with Crippen LogP contribution in [-0.2, 0) is 18.8 Å². The molecule has 0 radical (unpaired) electrons. The Morgan fingerprint density at radius 2 is 2.35 bits per heavy atom. The topological polar surface area (TPSA) is 16.1 Å². The number of hydrogen-bond acceptors (Lipinski definition) is 3. The molecular weight excluding hydrogens is 252 g/mol. The van der Waals surface area contributed by atoms with Crippen LogP contribution in [0.4, 0.5) is 5.69 Å². The van der Waals surface area contributed by atoms with Crippen molar-refractivity contribution in [3.63, 3.8) is 0 Å². The summed E-state index contributed by atoms with van der Waals surface area (Å²) < 4.78 is 0.